The van der Waals surface area contributed by atoms with Gasteiger partial charge in [-0.15, -0.1) is 11.3 Å². The fourth-order valence-electron chi connectivity index (χ4n) is 3.13. The Bertz CT molecular complexity index is 584. The van der Waals surface area contributed by atoms with E-state index in [-0.39, 0.29) is 11.9 Å². The van der Waals surface area contributed by atoms with E-state index >= 15 is 0 Å². The topological polar surface area (TPSA) is 60.0 Å². The lowest BCUT2D eigenvalue weighted by Crippen LogP contribution is -2.44. The van der Waals surface area contributed by atoms with Crippen molar-refractivity contribution in [2.45, 2.75) is 38.8 Å². The lowest BCUT2D eigenvalue weighted by Gasteiger charge is -2.26. The maximum Gasteiger partial charge on any atom is 0.239 e. The molecule has 2 heterocycles. The summed E-state index contributed by atoms with van der Waals surface area (Å²) in [6.07, 6.45) is 3.09. The lowest BCUT2D eigenvalue weighted by molar-refractivity contribution is -0.133. The molecule has 0 aliphatic carbocycles. The van der Waals surface area contributed by atoms with Crippen LogP contribution in [-0.2, 0) is 11.3 Å². The Kier molecular flexibility index (Phi) is 7.71. The Balaban J connectivity index is 1.67. The Morgan fingerprint density at radius 2 is 2.20 bits per heavy atom. The van der Waals surface area contributed by atoms with E-state index in [1.54, 1.807) is 23.3 Å². The molecule has 0 saturated carbocycles. The third kappa shape index (κ3) is 6.01. The fraction of sp³-hybridized carbons (Fsp3) is 0.667. The van der Waals surface area contributed by atoms with Crippen molar-refractivity contribution in [1.82, 2.24) is 20.4 Å². The number of thiophene rings is 1. The van der Waals surface area contributed by atoms with Gasteiger partial charge in [-0.05, 0) is 44.9 Å². The molecule has 0 radical (unpaired) electrons. The predicted molar refractivity (Wildman–Crippen MR) is 105 cm³/mol. The van der Waals surface area contributed by atoms with Gasteiger partial charge in [0, 0.05) is 44.0 Å². The Hall–Kier alpha value is -1.60. The molecule has 1 fully saturated rings. The molecule has 25 heavy (non-hydrogen) atoms. The van der Waals surface area contributed by atoms with Gasteiger partial charge in [0.1, 0.15) is 0 Å². The number of carbonyl (C=O) groups excluding carboxylic acids is 1. The van der Waals surface area contributed by atoms with Crippen LogP contribution in [0, 0.1) is 6.92 Å². The van der Waals surface area contributed by atoms with Crippen LogP contribution >= 0.6 is 11.3 Å². The lowest BCUT2D eigenvalue weighted by atomic mass is 10.2. The molecule has 0 bridgehead atoms. The van der Waals surface area contributed by atoms with Crippen molar-refractivity contribution in [2.75, 3.05) is 40.8 Å². The van der Waals surface area contributed by atoms with E-state index in [1.807, 2.05) is 14.1 Å². The number of hydrogen-bond donors (Lipinski definition) is 2. The minimum Gasteiger partial charge on any atom is -0.356 e. The zero-order chi connectivity index (χ0) is 18.2. The van der Waals surface area contributed by atoms with Crippen molar-refractivity contribution in [3.8, 4) is 0 Å². The zero-order valence-electron chi connectivity index (χ0n) is 15.8. The second kappa shape index (κ2) is 9.77. The first-order valence-corrected chi connectivity index (χ1v) is 9.78. The quantitative estimate of drug-likeness (QED) is 0.438. The molecule has 1 aliphatic heterocycles. The van der Waals surface area contributed by atoms with Gasteiger partial charge in [-0.3, -0.25) is 14.7 Å². The molecule has 0 aromatic carbocycles. The van der Waals surface area contributed by atoms with E-state index in [9.17, 15) is 4.79 Å². The number of likely N-dealkylation sites (N-methyl/N-ethyl adjacent to an activating group) is 1. The highest BCUT2D eigenvalue weighted by molar-refractivity contribution is 7.11. The van der Waals surface area contributed by atoms with Crippen LogP contribution < -0.4 is 10.6 Å². The number of carbonyl (C=O) groups is 1. The van der Waals surface area contributed by atoms with E-state index in [0.29, 0.717) is 0 Å². The molecule has 1 aromatic heterocycles. The molecule has 2 rings (SSSR count). The number of guanidine groups is 1. The number of amides is 1. The highest BCUT2D eigenvalue weighted by atomic mass is 32.1. The van der Waals surface area contributed by atoms with Crippen LogP contribution in [-0.4, -0.2) is 68.5 Å². The Morgan fingerprint density at radius 3 is 2.84 bits per heavy atom. The first-order chi connectivity index (χ1) is 12.0. The van der Waals surface area contributed by atoms with Gasteiger partial charge in [-0.2, -0.15) is 0 Å². The fourth-order valence-corrected chi connectivity index (χ4v) is 3.96. The Labute approximate surface area is 155 Å². The number of hydrogen-bond acceptors (Lipinski definition) is 4. The molecule has 1 atom stereocenters. The molecule has 1 unspecified atom stereocenters. The average molecular weight is 366 g/mol. The zero-order valence-corrected chi connectivity index (χ0v) is 16.7. The van der Waals surface area contributed by atoms with E-state index in [0.717, 1.165) is 51.4 Å². The summed E-state index contributed by atoms with van der Waals surface area (Å²) in [7, 11) is 5.47. The van der Waals surface area contributed by atoms with Gasteiger partial charge in [0.15, 0.2) is 5.96 Å². The summed E-state index contributed by atoms with van der Waals surface area (Å²) in [5.41, 5.74) is 0. The van der Waals surface area contributed by atoms with Gasteiger partial charge in [0.25, 0.3) is 0 Å². The summed E-state index contributed by atoms with van der Waals surface area (Å²) in [6.45, 7) is 5.73. The highest BCUT2D eigenvalue weighted by Crippen LogP contribution is 2.18. The summed E-state index contributed by atoms with van der Waals surface area (Å²) < 4.78 is 0. The van der Waals surface area contributed by atoms with Gasteiger partial charge in [0.2, 0.25) is 5.91 Å². The molecule has 1 amide bonds. The summed E-state index contributed by atoms with van der Waals surface area (Å²) in [6, 6.07) is 4.35. The van der Waals surface area contributed by atoms with Crippen molar-refractivity contribution in [3.63, 3.8) is 0 Å². The normalized spacial score (nSPS) is 18.4. The number of rotatable bonds is 7. The van der Waals surface area contributed by atoms with E-state index in [1.165, 1.54) is 9.75 Å². The number of nitrogens with one attached hydrogen (secondary N) is 2. The minimum absolute atomic E-state index is 0.0644. The summed E-state index contributed by atoms with van der Waals surface area (Å²) in [5, 5.41) is 6.70. The minimum atomic E-state index is 0.0644. The predicted octanol–water partition coefficient (Wildman–Crippen LogP) is 1.66. The van der Waals surface area contributed by atoms with Crippen molar-refractivity contribution >= 4 is 23.2 Å². The standard InChI is InChI=1S/C18H31N5OS/c1-14-8-9-15(25-14)13-21-18(19-2)20-10-6-12-23-11-5-7-16(23)17(24)22(3)4/h8-9,16H,5-7,10-13H2,1-4H3,(H2,19,20,21). The number of aryl methyl sites for hydroxylation is 1. The molecular formula is C18H31N5OS. The number of aliphatic imine (C=N–C) groups is 1. The molecule has 1 aromatic rings. The molecule has 1 aliphatic rings. The molecule has 0 spiro atoms. The molecule has 1 saturated heterocycles. The summed E-state index contributed by atoms with van der Waals surface area (Å²) >= 11 is 1.80. The summed E-state index contributed by atoms with van der Waals surface area (Å²) in [5.74, 6) is 1.06. The Morgan fingerprint density at radius 1 is 1.40 bits per heavy atom. The monoisotopic (exact) mass is 365 g/mol. The van der Waals surface area contributed by atoms with E-state index < -0.39 is 0 Å². The smallest absolute Gasteiger partial charge is 0.239 e. The largest absolute Gasteiger partial charge is 0.356 e. The van der Waals surface area contributed by atoms with Crippen LogP contribution in [0.1, 0.15) is 29.0 Å². The second-order valence-corrected chi connectivity index (χ2v) is 8.02. The van der Waals surface area contributed by atoms with Crippen molar-refractivity contribution in [1.29, 1.82) is 0 Å². The molecule has 6 nitrogen and oxygen atoms in total. The van der Waals surface area contributed by atoms with Gasteiger partial charge in [-0.25, -0.2) is 0 Å². The van der Waals surface area contributed by atoms with Crippen LogP contribution in [0.5, 0.6) is 0 Å². The van der Waals surface area contributed by atoms with Gasteiger partial charge in [0.05, 0.1) is 12.6 Å². The third-order valence-electron chi connectivity index (χ3n) is 4.45. The van der Waals surface area contributed by atoms with Crippen molar-refractivity contribution < 1.29 is 4.79 Å². The third-order valence-corrected chi connectivity index (χ3v) is 5.45. The van der Waals surface area contributed by atoms with Gasteiger partial charge in [-0.1, -0.05) is 0 Å². The van der Waals surface area contributed by atoms with Crippen LogP contribution in [0.15, 0.2) is 17.1 Å². The molecule has 2 N–H and O–H groups in total. The highest BCUT2D eigenvalue weighted by Gasteiger charge is 2.30. The first-order valence-electron chi connectivity index (χ1n) is 8.96. The van der Waals surface area contributed by atoms with Crippen LogP contribution in [0.25, 0.3) is 0 Å². The number of nitrogens with zero attached hydrogens (tertiary/aromatic N) is 3. The summed E-state index contributed by atoms with van der Waals surface area (Å²) in [4.78, 5) is 23.1. The molecule has 140 valence electrons. The second-order valence-electron chi connectivity index (χ2n) is 6.65. The first kappa shape index (κ1) is 19.7. The number of likely N-dealkylation sites (tertiary alicyclic amines) is 1. The van der Waals surface area contributed by atoms with Gasteiger partial charge >= 0.3 is 0 Å². The van der Waals surface area contributed by atoms with Crippen molar-refractivity contribution in [2.24, 2.45) is 4.99 Å². The van der Waals surface area contributed by atoms with Crippen LogP contribution in [0.2, 0.25) is 0 Å². The SMILES string of the molecule is CN=C(NCCCN1CCCC1C(=O)N(C)C)NCc1ccc(C)s1. The molecular weight excluding hydrogens is 334 g/mol. The van der Waals surface area contributed by atoms with Crippen LogP contribution in [0.3, 0.4) is 0 Å². The van der Waals surface area contributed by atoms with E-state index in [4.69, 9.17) is 0 Å². The van der Waals surface area contributed by atoms with Crippen LogP contribution in [0.4, 0.5) is 0 Å². The molecule has 7 heteroatoms. The average Bonchev–Trinajstić information content (AvgIpc) is 3.22. The maximum absolute atomic E-state index is 12.2. The van der Waals surface area contributed by atoms with E-state index in [2.05, 4.69) is 39.6 Å². The van der Waals surface area contributed by atoms with Crippen molar-refractivity contribution in [3.05, 3.63) is 21.9 Å². The maximum atomic E-state index is 12.2. The van der Waals surface area contributed by atoms with Gasteiger partial charge < -0.3 is 15.5 Å².